The summed E-state index contributed by atoms with van der Waals surface area (Å²) in [6, 6.07) is 3.28. The average Bonchev–Trinajstić information content (AvgIpc) is 2.70. The van der Waals surface area contributed by atoms with E-state index < -0.39 is 0 Å². The number of hydrogen-bond acceptors (Lipinski definition) is 4. The van der Waals surface area contributed by atoms with E-state index >= 15 is 0 Å². The van der Waals surface area contributed by atoms with Crippen LogP contribution in [0.1, 0.15) is 17.3 Å². The highest BCUT2D eigenvalue weighted by Crippen LogP contribution is 2.35. The minimum atomic E-state index is -0.389. The molecule has 1 heterocycles. The van der Waals surface area contributed by atoms with Gasteiger partial charge in [0.15, 0.2) is 0 Å². The van der Waals surface area contributed by atoms with Crippen LogP contribution in [0.4, 0.5) is 0 Å². The Labute approximate surface area is 107 Å². The predicted octanol–water partition coefficient (Wildman–Crippen LogP) is 3.38. The highest BCUT2D eigenvalue weighted by Gasteiger charge is 2.15. The standard InChI is InChI=1S/C12H11BrO4/c1-3-16-12(14)7-4-9(15-2)11-8(13)6-17-10(11)5-7/h4-6H,3H2,1-2H3. The summed E-state index contributed by atoms with van der Waals surface area (Å²) in [6.45, 7) is 2.10. The van der Waals surface area contributed by atoms with Crippen molar-refractivity contribution in [3.05, 3.63) is 28.4 Å². The number of rotatable bonds is 3. The summed E-state index contributed by atoms with van der Waals surface area (Å²) in [7, 11) is 1.54. The molecule has 0 aliphatic carbocycles. The lowest BCUT2D eigenvalue weighted by Crippen LogP contribution is -2.04. The van der Waals surface area contributed by atoms with Gasteiger partial charge in [0, 0.05) is 0 Å². The monoisotopic (exact) mass is 298 g/mol. The molecule has 2 aromatic rings. The third-order valence-electron chi connectivity index (χ3n) is 2.33. The quantitative estimate of drug-likeness (QED) is 0.815. The van der Waals surface area contributed by atoms with E-state index in [1.54, 1.807) is 32.4 Å². The molecule has 0 saturated carbocycles. The molecule has 0 atom stereocenters. The average molecular weight is 299 g/mol. The van der Waals surface area contributed by atoms with E-state index in [1.165, 1.54) is 0 Å². The fourth-order valence-corrected chi connectivity index (χ4v) is 2.07. The fourth-order valence-electron chi connectivity index (χ4n) is 1.59. The van der Waals surface area contributed by atoms with Crippen molar-refractivity contribution in [3.8, 4) is 5.75 Å². The maximum Gasteiger partial charge on any atom is 0.338 e. The number of carbonyl (C=O) groups is 1. The summed E-state index contributed by atoms with van der Waals surface area (Å²) in [6.07, 6.45) is 1.56. The Kier molecular flexibility index (Phi) is 3.38. The zero-order valence-corrected chi connectivity index (χ0v) is 11.0. The van der Waals surface area contributed by atoms with Crippen LogP contribution in [0.15, 0.2) is 27.3 Å². The second kappa shape index (κ2) is 4.79. The van der Waals surface area contributed by atoms with Gasteiger partial charge in [-0.1, -0.05) is 0 Å². The van der Waals surface area contributed by atoms with E-state index in [0.717, 1.165) is 9.86 Å². The second-order valence-electron chi connectivity index (χ2n) is 3.36. The summed E-state index contributed by atoms with van der Waals surface area (Å²) in [5.74, 6) is 0.186. The molecule has 0 aliphatic heterocycles. The Morgan fingerprint density at radius 3 is 2.88 bits per heavy atom. The molecule has 0 saturated heterocycles. The molecule has 0 amide bonds. The summed E-state index contributed by atoms with van der Waals surface area (Å²) in [5.41, 5.74) is 0.998. The molecule has 4 nitrogen and oxygen atoms in total. The van der Waals surface area contributed by atoms with Crippen molar-refractivity contribution in [1.29, 1.82) is 0 Å². The largest absolute Gasteiger partial charge is 0.496 e. The van der Waals surface area contributed by atoms with Crippen LogP contribution in [0.2, 0.25) is 0 Å². The van der Waals surface area contributed by atoms with E-state index in [0.29, 0.717) is 23.5 Å². The number of ether oxygens (including phenoxy) is 2. The molecular weight excluding hydrogens is 288 g/mol. The molecule has 5 heteroatoms. The van der Waals surface area contributed by atoms with Gasteiger partial charge in [-0.05, 0) is 35.0 Å². The van der Waals surface area contributed by atoms with Gasteiger partial charge in [-0.3, -0.25) is 0 Å². The van der Waals surface area contributed by atoms with E-state index in [2.05, 4.69) is 15.9 Å². The van der Waals surface area contributed by atoms with Crippen LogP contribution in [0.3, 0.4) is 0 Å². The third-order valence-corrected chi connectivity index (χ3v) is 2.91. The number of halogens is 1. The lowest BCUT2D eigenvalue weighted by molar-refractivity contribution is 0.0526. The van der Waals surface area contributed by atoms with Crippen molar-refractivity contribution >= 4 is 32.9 Å². The molecule has 17 heavy (non-hydrogen) atoms. The maximum atomic E-state index is 11.6. The topological polar surface area (TPSA) is 48.7 Å². The Morgan fingerprint density at radius 1 is 1.47 bits per heavy atom. The number of methoxy groups -OCH3 is 1. The highest BCUT2D eigenvalue weighted by molar-refractivity contribution is 9.10. The molecule has 1 aromatic heterocycles. The normalized spacial score (nSPS) is 10.5. The van der Waals surface area contributed by atoms with Crippen LogP contribution in [0.25, 0.3) is 11.0 Å². The first-order valence-electron chi connectivity index (χ1n) is 5.09. The van der Waals surface area contributed by atoms with Gasteiger partial charge in [0.2, 0.25) is 0 Å². The van der Waals surface area contributed by atoms with Gasteiger partial charge in [-0.2, -0.15) is 0 Å². The number of carbonyl (C=O) groups excluding carboxylic acids is 1. The van der Waals surface area contributed by atoms with E-state index in [4.69, 9.17) is 13.9 Å². The minimum absolute atomic E-state index is 0.334. The van der Waals surface area contributed by atoms with Crippen LogP contribution < -0.4 is 4.74 Å². The zero-order valence-electron chi connectivity index (χ0n) is 9.45. The molecule has 1 aromatic carbocycles. The van der Waals surface area contributed by atoms with Crippen molar-refractivity contribution in [2.75, 3.05) is 13.7 Å². The van der Waals surface area contributed by atoms with Crippen LogP contribution in [0.5, 0.6) is 5.75 Å². The smallest absolute Gasteiger partial charge is 0.338 e. The molecule has 0 radical (unpaired) electrons. The van der Waals surface area contributed by atoms with Crippen LogP contribution in [-0.2, 0) is 4.74 Å². The molecule has 0 bridgehead atoms. The molecule has 0 unspecified atom stereocenters. The van der Waals surface area contributed by atoms with Gasteiger partial charge >= 0.3 is 5.97 Å². The summed E-state index contributed by atoms with van der Waals surface area (Å²) in [5, 5.41) is 0.806. The van der Waals surface area contributed by atoms with Crippen LogP contribution >= 0.6 is 15.9 Å². The molecule has 2 rings (SSSR count). The Bertz CT molecular complexity index is 559. The van der Waals surface area contributed by atoms with Crippen molar-refractivity contribution in [2.45, 2.75) is 6.92 Å². The van der Waals surface area contributed by atoms with Crippen molar-refractivity contribution in [1.82, 2.24) is 0 Å². The minimum Gasteiger partial charge on any atom is -0.496 e. The van der Waals surface area contributed by atoms with Crippen LogP contribution in [0, 0.1) is 0 Å². The Hall–Kier alpha value is -1.49. The van der Waals surface area contributed by atoms with E-state index in [9.17, 15) is 4.79 Å². The van der Waals surface area contributed by atoms with Gasteiger partial charge in [-0.15, -0.1) is 0 Å². The number of hydrogen-bond donors (Lipinski definition) is 0. The lowest BCUT2D eigenvalue weighted by atomic mass is 10.1. The first kappa shape index (κ1) is 12.0. The zero-order chi connectivity index (χ0) is 12.4. The van der Waals surface area contributed by atoms with E-state index in [-0.39, 0.29) is 5.97 Å². The van der Waals surface area contributed by atoms with Gasteiger partial charge in [-0.25, -0.2) is 4.79 Å². The molecular formula is C12H11BrO4. The van der Waals surface area contributed by atoms with Gasteiger partial charge in [0.05, 0.1) is 29.1 Å². The van der Waals surface area contributed by atoms with Crippen molar-refractivity contribution in [2.24, 2.45) is 0 Å². The molecule has 0 fully saturated rings. The number of furan rings is 1. The maximum absolute atomic E-state index is 11.6. The van der Waals surface area contributed by atoms with Crippen LogP contribution in [-0.4, -0.2) is 19.7 Å². The fraction of sp³-hybridized carbons (Fsp3) is 0.250. The summed E-state index contributed by atoms with van der Waals surface area (Å²) in [4.78, 5) is 11.6. The first-order chi connectivity index (χ1) is 8.17. The Balaban J connectivity index is 2.57. The molecule has 0 aliphatic rings. The number of benzene rings is 1. The molecule has 0 N–H and O–H groups in total. The first-order valence-corrected chi connectivity index (χ1v) is 5.88. The van der Waals surface area contributed by atoms with E-state index in [1.807, 2.05) is 0 Å². The lowest BCUT2D eigenvalue weighted by Gasteiger charge is -2.05. The Morgan fingerprint density at radius 2 is 2.24 bits per heavy atom. The number of esters is 1. The molecule has 90 valence electrons. The second-order valence-corrected chi connectivity index (χ2v) is 4.21. The van der Waals surface area contributed by atoms with Gasteiger partial charge in [0.1, 0.15) is 17.6 Å². The number of fused-ring (bicyclic) bond motifs is 1. The third kappa shape index (κ3) is 2.15. The van der Waals surface area contributed by atoms with Crippen molar-refractivity contribution in [3.63, 3.8) is 0 Å². The summed E-state index contributed by atoms with van der Waals surface area (Å²) >= 11 is 3.36. The summed E-state index contributed by atoms with van der Waals surface area (Å²) < 4.78 is 16.3. The van der Waals surface area contributed by atoms with Crippen molar-refractivity contribution < 1.29 is 18.7 Å². The van der Waals surface area contributed by atoms with Gasteiger partial charge in [0.25, 0.3) is 0 Å². The highest BCUT2D eigenvalue weighted by atomic mass is 79.9. The predicted molar refractivity (Wildman–Crippen MR) is 66.4 cm³/mol. The molecule has 0 spiro atoms. The van der Waals surface area contributed by atoms with Gasteiger partial charge < -0.3 is 13.9 Å². The SMILES string of the molecule is CCOC(=O)c1cc(OC)c2c(Br)coc2c1.